The van der Waals surface area contributed by atoms with E-state index in [1.54, 1.807) is 92.6 Å². The number of aliphatic hydroxyl groups excluding tert-OH is 4. The van der Waals surface area contributed by atoms with Crippen LogP contribution in [-0.4, -0.2) is 166 Å². The maximum atomic E-state index is 14.2. The average molecular weight is 1070 g/mol. The van der Waals surface area contributed by atoms with Crippen molar-refractivity contribution in [1.29, 1.82) is 0 Å². The Hall–Kier alpha value is -6.64. The van der Waals surface area contributed by atoms with Gasteiger partial charge in [0, 0.05) is 6.54 Å². The molecule has 0 aliphatic carbocycles. The summed E-state index contributed by atoms with van der Waals surface area (Å²) in [5.74, 6) is -9.35. The monoisotopic (exact) mass is 1070 g/mol. The molecule has 0 spiro atoms. The Morgan fingerprint density at radius 3 is 1.69 bits per heavy atom. The number of hydrogen-bond acceptors (Lipinski definition) is 16. The van der Waals surface area contributed by atoms with Gasteiger partial charge in [-0.05, 0) is 77.2 Å². The van der Waals surface area contributed by atoms with Crippen LogP contribution in [0.1, 0.15) is 107 Å². The maximum absolute atomic E-state index is 14.2. The summed E-state index contributed by atoms with van der Waals surface area (Å²) in [6.45, 7) is 15.4. The van der Waals surface area contributed by atoms with Crippen LogP contribution in [0.25, 0.3) is 0 Å². The summed E-state index contributed by atoms with van der Waals surface area (Å²) in [6.07, 6.45) is -5.17. The number of ether oxygens (including phenoxy) is 2. The van der Waals surface area contributed by atoms with Crippen LogP contribution >= 0.6 is 0 Å². The predicted octanol–water partition coefficient (Wildman–Crippen LogP) is -2.44. The fourth-order valence-electron chi connectivity index (χ4n) is 6.92. The topological polar surface area (TPSA) is 414 Å². The second-order valence-electron chi connectivity index (χ2n) is 20.0. The molecule has 0 heterocycles. The summed E-state index contributed by atoms with van der Waals surface area (Å²) in [4.78, 5) is 125. The minimum absolute atomic E-state index is 0.0286. The number of alkyl carbamates (subject to hydrolysis) is 1. The van der Waals surface area contributed by atoms with Crippen molar-refractivity contribution in [2.24, 2.45) is 34.2 Å². The van der Waals surface area contributed by atoms with Gasteiger partial charge in [0.2, 0.25) is 41.4 Å². The first-order valence-corrected chi connectivity index (χ1v) is 24.9. The Labute approximate surface area is 438 Å². The Kier molecular flexibility index (Phi) is 28.9. The summed E-state index contributed by atoms with van der Waals surface area (Å²) >= 11 is 0. The van der Waals surface area contributed by atoms with E-state index in [0.717, 1.165) is 6.92 Å². The highest BCUT2D eigenvalue weighted by atomic mass is 16.6. The summed E-state index contributed by atoms with van der Waals surface area (Å²) in [5.41, 5.74) is 10.7. The van der Waals surface area contributed by atoms with Gasteiger partial charge in [-0.15, -0.1) is 0 Å². The molecule has 424 valence electrons. The number of esters is 1. The summed E-state index contributed by atoms with van der Waals surface area (Å²) in [6, 6.07) is -2.08. The molecule has 1 aromatic carbocycles. The van der Waals surface area contributed by atoms with Crippen LogP contribution in [0, 0.1) is 17.8 Å². The first-order valence-electron chi connectivity index (χ1n) is 24.9. The van der Waals surface area contributed by atoms with Gasteiger partial charge >= 0.3 is 12.1 Å². The zero-order valence-corrected chi connectivity index (χ0v) is 44.9. The third-order valence-corrected chi connectivity index (χ3v) is 11.3. The molecule has 0 fully saturated rings. The molecular weight excluding hydrogens is 983 g/mol. The van der Waals surface area contributed by atoms with Crippen LogP contribution in [0.5, 0.6) is 0 Å². The summed E-state index contributed by atoms with van der Waals surface area (Å²) < 4.78 is 10.5. The molecular formula is C49H83N11O15. The zero-order valence-electron chi connectivity index (χ0n) is 44.9. The molecule has 0 saturated carbocycles. The molecule has 1 rings (SSSR count). The summed E-state index contributed by atoms with van der Waals surface area (Å²) in [5, 5.41) is 61.1. The molecule has 0 bridgehead atoms. The van der Waals surface area contributed by atoms with Crippen LogP contribution in [0.2, 0.25) is 0 Å². The lowest BCUT2D eigenvalue weighted by Crippen LogP contribution is -2.62. The highest BCUT2D eigenvalue weighted by Gasteiger charge is 2.38. The number of hydrogen-bond donors (Lipinski definition) is 14. The summed E-state index contributed by atoms with van der Waals surface area (Å²) in [7, 11) is 0. The van der Waals surface area contributed by atoms with Crippen molar-refractivity contribution in [3.05, 3.63) is 35.9 Å². The molecule has 0 aromatic heterocycles. The molecule has 75 heavy (non-hydrogen) atoms. The number of aliphatic hydroxyl groups is 4. The van der Waals surface area contributed by atoms with Gasteiger partial charge in [0.25, 0.3) is 0 Å². The number of carbonyl (C=O) groups is 9. The van der Waals surface area contributed by atoms with Gasteiger partial charge in [-0.1, -0.05) is 78.3 Å². The van der Waals surface area contributed by atoms with E-state index in [1.807, 2.05) is 0 Å². The molecule has 8 amide bonds. The van der Waals surface area contributed by atoms with Crippen molar-refractivity contribution in [2.45, 2.75) is 175 Å². The fourth-order valence-corrected chi connectivity index (χ4v) is 6.92. The van der Waals surface area contributed by atoms with Crippen LogP contribution < -0.4 is 54.0 Å². The van der Waals surface area contributed by atoms with Crippen LogP contribution in [0.4, 0.5) is 4.79 Å². The lowest BCUT2D eigenvalue weighted by molar-refractivity contribution is -0.151. The first-order chi connectivity index (χ1) is 34.9. The molecule has 11 atom stereocenters. The molecule has 26 nitrogen and oxygen atoms in total. The molecule has 0 unspecified atom stereocenters. The number of rotatable bonds is 31. The van der Waals surface area contributed by atoms with E-state index < -0.39 is 145 Å². The van der Waals surface area contributed by atoms with Gasteiger partial charge in [0.05, 0.1) is 31.5 Å². The fraction of sp³-hybridized carbons (Fsp3) is 0.673. The number of guanidine groups is 1. The van der Waals surface area contributed by atoms with Crippen molar-refractivity contribution in [1.82, 2.24) is 42.5 Å². The molecule has 1 aromatic rings. The lowest BCUT2D eigenvalue weighted by atomic mass is 9.96. The minimum Gasteiger partial charge on any atom is -0.459 e. The van der Waals surface area contributed by atoms with E-state index in [4.69, 9.17) is 20.9 Å². The Morgan fingerprint density at radius 1 is 0.653 bits per heavy atom. The predicted molar refractivity (Wildman–Crippen MR) is 274 cm³/mol. The molecule has 0 radical (unpaired) electrons. The van der Waals surface area contributed by atoms with E-state index in [9.17, 15) is 63.6 Å². The molecule has 0 saturated heterocycles. The van der Waals surface area contributed by atoms with Gasteiger partial charge in [0.1, 0.15) is 48.5 Å². The normalized spacial score (nSPS) is 15.8. The number of benzene rings is 1. The lowest BCUT2D eigenvalue weighted by Gasteiger charge is -2.31. The standard InChI is InChI=1S/C49H83N11O15/c1-12-27(6)35(43(69)59-36(28(7)62)42(68)53-22-34(64)57-37(29(8)63)44(70)56-33(23-61)46(72)74-24-30-17-14-13-15-18-30)58-40(66)31(19-16-20-52-47(50)51)54-41(67)32(21-25(2)3)55-45(71)38(39(65)26(4)5)60-48(73)75-49(9,10)11/h13-15,17-18,25-29,31-33,35-39,61-63,65H,12,16,19-24H2,1-11H3,(H,53,68)(H,54,67)(H,55,71)(H,56,70)(H,57,64)(H,58,66)(H,59,69)(H,60,73)(H4,50,51,52)/t27-,28-,29-,31+,32-,33-,35-,36-,37-,38-,39+/m0/s1. The van der Waals surface area contributed by atoms with Gasteiger partial charge in [-0.3, -0.25) is 38.6 Å². The van der Waals surface area contributed by atoms with Crippen LogP contribution in [-0.2, 0) is 54.4 Å². The number of aliphatic imine (C=N–C) groups is 1. The highest BCUT2D eigenvalue weighted by molar-refractivity contribution is 5.97. The largest absolute Gasteiger partial charge is 0.459 e. The second kappa shape index (κ2) is 32.6. The van der Waals surface area contributed by atoms with Crippen molar-refractivity contribution in [2.75, 3.05) is 19.7 Å². The highest BCUT2D eigenvalue weighted by Crippen LogP contribution is 2.15. The smallest absolute Gasteiger partial charge is 0.408 e. The minimum atomic E-state index is -1.73. The van der Waals surface area contributed by atoms with Crippen molar-refractivity contribution in [3.63, 3.8) is 0 Å². The number of nitrogens with two attached hydrogens (primary N) is 2. The Balaban J connectivity index is 3.29. The molecule has 26 heteroatoms. The van der Waals surface area contributed by atoms with Crippen LogP contribution in [0.15, 0.2) is 35.3 Å². The van der Waals surface area contributed by atoms with Gasteiger partial charge < -0.3 is 83.9 Å². The second-order valence-corrected chi connectivity index (χ2v) is 20.0. The number of carbonyl (C=O) groups excluding carboxylic acids is 9. The van der Waals surface area contributed by atoms with E-state index in [-0.39, 0.29) is 44.3 Å². The van der Waals surface area contributed by atoms with E-state index in [2.05, 4.69) is 47.5 Å². The van der Waals surface area contributed by atoms with Gasteiger partial charge in [-0.2, -0.15) is 0 Å². The number of nitrogens with zero attached hydrogens (tertiary/aromatic N) is 1. The average Bonchev–Trinajstić information content (AvgIpc) is 3.32. The molecule has 16 N–H and O–H groups in total. The quantitative estimate of drug-likeness (QED) is 0.0159. The zero-order chi connectivity index (χ0) is 57.3. The van der Waals surface area contributed by atoms with Gasteiger partial charge in [-0.25, -0.2) is 9.59 Å². The van der Waals surface area contributed by atoms with Crippen LogP contribution in [0.3, 0.4) is 0 Å². The van der Waals surface area contributed by atoms with E-state index in [0.29, 0.717) is 12.0 Å². The molecule has 0 aliphatic rings. The van der Waals surface area contributed by atoms with E-state index >= 15 is 0 Å². The third kappa shape index (κ3) is 25.0. The maximum Gasteiger partial charge on any atom is 0.408 e. The van der Waals surface area contributed by atoms with Gasteiger partial charge in [0.15, 0.2) is 12.0 Å². The van der Waals surface area contributed by atoms with E-state index in [1.165, 1.54) is 6.92 Å². The third-order valence-electron chi connectivity index (χ3n) is 11.3. The SMILES string of the molecule is CC[C@H](C)[C@H](NC(=O)[C@@H](CCCN=C(N)N)NC(=O)[C@H](CC(C)C)NC(=O)[C@@H](NC(=O)OC(C)(C)C)[C@H](O)C(C)C)C(=O)N[C@H](C(=O)NCC(=O)N[C@H](C(=O)N[C@@H](CO)C(=O)OCc1ccccc1)[C@H](C)O)[C@H](C)O. The number of amides is 8. The Bertz CT molecular complexity index is 2060. The molecule has 0 aliphatic heterocycles. The Morgan fingerprint density at radius 2 is 1.17 bits per heavy atom. The van der Waals surface area contributed by atoms with Crippen molar-refractivity contribution >= 4 is 59.4 Å². The van der Waals surface area contributed by atoms with Crippen molar-refractivity contribution < 1.29 is 73.1 Å². The van der Waals surface area contributed by atoms with Crippen molar-refractivity contribution in [3.8, 4) is 0 Å². The number of nitrogens with one attached hydrogen (secondary N) is 8. The first kappa shape index (κ1) is 66.4.